The standard InChI is InChI=1S/C19H28N4S/c1-20-18(21-13-16-8-11-23(2)14-16)22-15-19(9-4-3-5-10-19)17-7-6-12-24-17/h6-8,11-12,14H,3-5,9-10,13,15H2,1-2H3,(H2,20,21,22). The van der Waals surface area contributed by atoms with Gasteiger partial charge in [0.2, 0.25) is 0 Å². The summed E-state index contributed by atoms with van der Waals surface area (Å²) in [7, 11) is 3.89. The average Bonchev–Trinajstić information content (AvgIpc) is 3.28. The van der Waals surface area contributed by atoms with Gasteiger partial charge in [0.15, 0.2) is 5.96 Å². The highest BCUT2D eigenvalue weighted by Crippen LogP contribution is 2.41. The van der Waals surface area contributed by atoms with Crippen molar-refractivity contribution in [1.82, 2.24) is 15.2 Å². The maximum Gasteiger partial charge on any atom is 0.191 e. The monoisotopic (exact) mass is 344 g/mol. The van der Waals surface area contributed by atoms with Crippen LogP contribution >= 0.6 is 11.3 Å². The molecule has 2 aromatic heterocycles. The van der Waals surface area contributed by atoms with E-state index in [2.05, 4.69) is 56.2 Å². The summed E-state index contributed by atoms with van der Waals surface area (Å²) in [6, 6.07) is 6.62. The molecule has 130 valence electrons. The van der Waals surface area contributed by atoms with E-state index in [0.29, 0.717) is 0 Å². The number of aromatic nitrogens is 1. The first kappa shape index (κ1) is 17.1. The number of hydrogen-bond acceptors (Lipinski definition) is 2. The Hall–Kier alpha value is -1.75. The van der Waals surface area contributed by atoms with Crippen LogP contribution < -0.4 is 10.6 Å². The number of aryl methyl sites for hydroxylation is 1. The number of aliphatic imine (C=N–C) groups is 1. The molecule has 0 amide bonds. The van der Waals surface area contributed by atoms with Gasteiger partial charge in [0.05, 0.1) is 0 Å². The van der Waals surface area contributed by atoms with Crippen molar-refractivity contribution < 1.29 is 0 Å². The number of thiophene rings is 1. The SMILES string of the molecule is CN=C(NCc1ccn(C)c1)NCC1(c2cccs2)CCCCC1. The summed E-state index contributed by atoms with van der Waals surface area (Å²) in [5.41, 5.74) is 1.54. The Labute approximate surface area is 149 Å². The Balaban J connectivity index is 1.60. The van der Waals surface area contributed by atoms with E-state index in [1.165, 1.54) is 42.5 Å². The summed E-state index contributed by atoms with van der Waals surface area (Å²) < 4.78 is 2.07. The summed E-state index contributed by atoms with van der Waals surface area (Å²) in [5.74, 6) is 0.889. The molecule has 0 atom stereocenters. The fourth-order valence-electron chi connectivity index (χ4n) is 3.64. The third-order valence-electron chi connectivity index (χ3n) is 5.03. The third-order valence-corrected chi connectivity index (χ3v) is 6.14. The van der Waals surface area contributed by atoms with E-state index < -0.39 is 0 Å². The molecule has 0 bridgehead atoms. The number of guanidine groups is 1. The van der Waals surface area contributed by atoms with Crippen molar-refractivity contribution in [3.63, 3.8) is 0 Å². The van der Waals surface area contributed by atoms with Crippen molar-refractivity contribution in [3.05, 3.63) is 46.4 Å². The van der Waals surface area contributed by atoms with Crippen LogP contribution in [0.15, 0.2) is 41.0 Å². The molecule has 1 saturated carbocycles. The van der Waals surface area contributed by atoms with Crippen LogP contribution in [0.5, 0.6) is 0 Å². The molecule has 0 radical (unpaired) electrons. The van der Waals surface area contributed by atoms with Gasteiger partial charge < -0.3 is 15.2 Å². The topological polar surface area (TPSA) is 41.4 Å². The zero-order chi connectivity index (χ0) is 16.8. The first-order valence-corrected chi connectivity index (χ1v) is 9.69. The second kappa shape index (κ2) is 7.88. The molecule has 0 aromatic carbocycles. The fourth-order valence-corrected chi connectivity index (χ4v) is 4.63. The summed E-state index contributed by atoms with van der Waals surface area (Å²) in [4.78, 5) is 5.92. The first-order chi connectivity index (χ1) is 11.7. The highest BCUT2D eigenvalue weighted by atomic mass is 32.1. The second-order valence-electron chi connectivity index (χ2n) is 6.78. The first-order valence-electron chi connectivity index (χ1n) is 8.81. The molecule has 1 fully saturated rings. The Kier molecular flexibility index (Phi) is 5.61. The van der Waals surface area contributed by atoms with Crippen LogP contribution in [0, 0.1) is 0 Å². The number of nitrogens with one attached hydrogen (secondary N) is 2. The Bertz CT molecular complexity index is 651. The van der Waals surface area contributed by atoms with E-state index in [-0.39, 0.29) is 5.41 Å². The quantitative estimate of drug-likeness (QED) is 0.642. The van der Waals surface area contributed by atoms with Crippen LogP contribution in [-0.4, -0.2) is 24.1 Å². The van der Waals surface area contributed by atoms with Gasteiger partial charge in [-0.05, 0) is 35.9 Å². The maximum atomic E-state index is 4.40. The molecule has 0 unspecified atom stereocenters. The molecule has 2 N–H and O–H groups in total. The van der Waals surface area contributed by atoms with Gasteiger partial charge >= 0.3 is 0 Å². The van der Waals surface area contributed by atoms with Crippen LogP contribution in [0.4, 0.5) is 0 Å². The van der Waals surface area contributed by atoms with E-state index in [9.17, 15) is 0 Å². The third kappa shape index (κ3) is 4.01. The Morgan fingerprint density at radius 1 is 1.25 bits per heavy atom. The second-order valence-corrected chi connectivity index (χ2v) is 7.73. The van der Waals surface area contributed by atoms with Crippen LogP contribution in [-0.2, 0) is 19.0 Å². The molecule has 0 spiro atoms. The van der Waals surface area contributed by atoms with Gasteiger partial charge in [0.25, 0.3) is 0 Å². The molecule has 1 aliphatic carbocycles. The highest BCUT2D eigenvalue weighted by molar-refractivity contribution is 7.10. The fraction of sp³-hybridized carbons (Fsp3) is 0.526. The highest BCUT2D eigenvalue weighted by Gasteiger charge is 2.34. The lowest BCUT2D eigenvalue weighted by molar-refractivity contribution is 0.296. The van der Waals surface area contributed by atoms with Crippen molar-refractivity contribution in [2.24, 2.45) is 12.0 Å². The molecule has 2 aromatic rings. The predicted molar refractivity (Wildman–Crippen MR) is 103 cm³/mol. The minimum absolute atomic E-state index is 0.275. The molecular weight excluding hydrogens is 316 g/mol. The zero-order valence-electron chi connectivity index (χ0n) is 14.7. The molecule has 0 saturated heterocycles. The molecule has 2 heterocycles. The Morgan fingerprint density at radius 2 is 2.08 bits per heavy atom. The lowest BCUT2D eigenvalue weighted by atomic mass is 9.73. The van der Waals surface area contributed by atoms with E-state index >= 15 is 0 Å². The molecule has 5 heteroatoms. The lowest BCUT2D eigenvalue weighted by Crippen LogP contribution is -2.46. The van der Waals surface area contributed by atoms with Gasteiger partial charge in [-0.3, -0.25) is 4.99 Å². The van der Waals surface area contributed by atoms with Crippen molar-refractivity contribution >= 4 is 17.3 Å². The van der Waals surface area contributed by atoms with Crippen LogP contribution in [0.25, 0.3) is 0 Å². The van der Waals surface area contributed by atoms with Crippen molar-refractivity contribution in [1.29, 1.82) is 0 Å². The van der Waals surface area contributed by atoms with Crippen LogP contribution in [0.2, 0.25) is 0 Å². The number of hydrogen-bond donors (Lipinski definition) is 2. The smallest absolute Gasteiger partial charge is 0.191 e. The van der Waals surface area contributed by atoms with Gasteiger partial charge in [-0.1, -0.05) is 25.3 Å². The van der Waals surface area contributed by atoms with E-state index in [1.54, 1.807) is 0 Å². The van der Waals surface area contributed by atoms with E-state index in [1.807, 2.05) is 25.4 Å². The summed E-state index contributed by atoms with van der Waals surface area (Å²) in [6.45, 7) is 1.76. The van der Waals surface area contributed by atoms with Crippen molar-refractivity contribution in [3.8, 4) is 0 Å². The largest absolute Gasteiger partial charge is 0.357 e. The number of rotatable bonds is 5. The summed E-state index contributed by atoms with van der Waals surface area (Å²) in [6.07, 6.45) is 10.8. The predicted octanol–water partition coefficient (Wildman–Crippen LogP) is 3.65. The van der Waals surface area contributed by atoms with Gasteiger partial charge in [-0.15, -0.1) is 11.3 Å². The van der Waals surface area contributed by atoms with E-state index in [4.69, 9.17) is 0 Å². The van der Waals surface area contributed by atoms with Gasteiger partial charge in [-0.2, -0.15) is 0 Å². The molecule has 24 heavy (non-hydrogen) atoms. The van der Waals surface area contributed by atoms with Gasteiger partial charge in [0.1, 0.15) is 0 Å². The van der Waals surface area contributed by atoms with Gasteiger partial charge in [0, 0.05) is 49.9 Å². The van der Waals surface area contributed by atoms with Crippen molar-refractivity contribution in [2.75, 3.05) is 13.6 Å². The molecule has 3 rings (SSSR count). The minimum atomic E-state index is 0.275. The zero-order valence-corrected chi connectivity index (χ0v) is 15.5. The maximum absolute atomic E-state index is 4.40. The minimum Gasteiger partial charge on any atom is -0.357 e. The molecule has 0 aliphatic heterocycles. The summed E-state index contributed by atoms with van der Waals surface area (Å²) in [5, 5.41) is 9.22. The van der Waals surface area contributed by atoms with Crippen molar-refractivity contribution in [2.45, 2.75) is 44.1 Å². The Morgan fingerprint density at radius 3 is 2.71 bits per heavy atom. The molecule has 4 nitrogen and oxygen atoms in total. The molecular formula is C19H28N4S. The molecule has 1 aliphatic rings. The van der Waals surface area contributed by atoms with E-state index in [0.717, 1.165) is 19.0 Å². The average molecular weight is 345 g/mol. The normalized spacial score (nSPS) is 17.7. The summed E-state index contributed by atoms with van der Waals surface area (Å²) >= 11 is 1.90. The van der Waals surface area contributed by atoms with Gasteiger partial charge in [-0.25, -0.2) is 0 Å². The van der Waals surface area contributed by atoms with Crippen LogP contribution in [0.1, 0.15) is 42.5 Å². The number of nitrogens with zero attached hydrogens (tertiary/aromatic N) is 2. The van der Waals surface area contributed by atoms with Crippen LogP contribution in [0.3, 0.4) is 0 Å². The lowest BCUT2D eigenvalue weighted by Gasteiger charge is -2.37.